The highest BCUT2D eigenvalue weighted by Gasteiger charge is 2.53. The molecular weight excluding hydrogens is 450 g/mol. The van der Waals surface area contributed by atoms with Crippen molar-refractivity contribution in [3.8, 4) is 5.75 Å². The third-order valence-electron chi connectivity index (χ3n) is 5.65. The first-order valence-electron chi connectivity index (χ1n) is 10.5. The van der Waals surface area contributed by atoms with Crippen molar-refractivity contribution in [2.24, 2.45) is 5.92 Å². The molecule has 9 heteroatoms. The highest BCUT2D eigenvalue weighted by Crippen LogP contribution is 2.39. The number of carboxylic acids is 1. The summed E-state index contributed by atoms with van der Waals surface area (Å²) < 4.78 is 32.8. The predicted octanol–water partition coefficient (Wildman–Crippen LogP) is 5.04. The van der Waals surface area contributed by atoms with E-state index in [4.69, 9.17) is 4.74 Å². The normalized spacial score (nSPS) is 20.2. The van der Waals surface area contributed by atoms with Crippen LogP contribution in [0.4, 0.5) is 13.8 Å². The third kappa shape index (κ3) is 5.19. The minimum absolute atomic E-state index is 0.203. The number of carbonyl (C=O) groups is 2. The molecule has 2 unspecified atom stereocenters. The standard InChI is InChI=1S/C24H22F2N2O4S/c25-16-10-15(11-17(26)13-16)12-20-27-14-21(33-20)28-22(29)19-8-4-5-9-24(19,23(30)31)32-18-6-2-1-3-7-18/h1-3,6-7,10-11,13-14,19H,4-5,8-9,12H2,(H,28,29)(H,30,31). The molecule has 0 bridgehead atoms. The second-order valence-electron chi connectivity index (χ2n) is 7.97. The number of amides is 1. The van der Waals surface area contributed by atoms with E-state index in [1.54, 1.807) is 30.3 Å². The van der Waals surface area contributed by atoms with Crippen molar-refractivity contribution in [1.29, 1.82) is 0 Å². The molecule has 1 amide bonds. The van der Waals surface area contributed by atoms with Crippen LogP contribution in [0.2, 0.25) is 0 Å². The molecule has 1 aromatic heterocycles. The number of carboxylic acid groups (broad SMARTS) is 1. The Bertz CT molecular complexity index is 1130. The highest BCUT2D eigenvalue weighted by molar-refractivity contribution is 7.15. The fraction of sp³-hybridized carbons (Fsp3) is 0.292. The number of anilines is 1. The largest absolute Gasteiger partial charge is 0.478 e. The number of aliphatic carboxylic acids is 1. The number of rotatable bonds is 7. The quantitative estimate of drug-likeness (QED) is 0.503. The van der Waals surface area contributed by atoms with Crippen LogP contribution in [0.15, 0.2) is 54.7 Å². The van der Waals surface area contributed by atoms with E-state index in [-0.39, 0.29) is 12.8 Å². The van der Waals surface area contributed by atoms with E-state index in [0.29, 0.717) is 40.6 Å². The number of aromatic nitrogens is 1. The molecule has 0 spiro atoms. The monoisotopic (exact) mass is 472 g/mol. The molecule has 2 N–H and O–H groups in total. The van der Waals surface area contributed by atoms with Gasteiger partial charge in [-0.1, -0.05) is 24.6 Å². The Kier molecular flexibility index (Phi) is 6.69. The van der Waals surface area contributed by atoms with Crippen molar-refractivity contribution in [2.75, 3.05) is 5.32 Å². The highest BCUT2D eigenvalue weighted by atomic mass is 32.1. The molecule has 0 saturated heterocycles. The lowest BCUT2D eigenvalue weighted by molar-refractivity contribution is -0.167. The number of hydrogen-bond donors (Lipinski definition) is 2. The molecule has 1 aliphatic carbocycles. The molecule has 1 fully saturated rings. The van der Waals surface area contributed by atoms with E-state index in [1.165, 1.54) is 29.7 Å². The van der Waals surface area contributed by atoms with E-state index in [0.717, 1.165) is 6.07 Å². The van der Waals surface area contributed by atoms with Gasteiger partial charge in [0, 0.05) is 12.5 Å². The Labute approximate surface area is 193 Å². The number of thiazole rings is 1. The number of benzene rings is 2. The van der Waals surface area contributed by atoms with Gasteiger partial charge < -0.3 is 15.2 Å². The maximum atomic E-state index is 13.4. The minimum atomic E-state index is -1.67. The van der Waals surface area contributed by atoms with Crippen LogP contribution in [0.5, 0.6) is 5.75 Å². The zero-order valence-corrected chi connectivity index (χ0v) is 18.4. The van der Waals surface area contributed by atoms with Gasteiger partial charge in [0.2, 0.25) is 11.5 Å². The van der Waals surface area contributed by atoms with Crippen LogP contribution in [-0.2, 0) is 16.0 Å². The zero-order valence-electron chi connectivity index (χ0n) is 17.6. The predicted molar refractivity (Wildman–Crippen MR) is 119 cm³/mol. The lowest BCUT2D eigenvalue weighted by Gasteiger charge is -2.39. The van der Waals surface area contributed by atoms with Crippen LogP contribution in [-0.4, -0.2) is 27.6 Å². The number of carbonyl (C=O) groups excluding carboxylic acids is 1. The lowest BCUT2D eigenvalue weighted by atomic mass is 9.74. The van der Waals surface area contributed by atoms with Gasteiger partial charge in [0.25, 0.3) is 0 Å². The summed E-state index contributed by atoms with van der Waals surface area (Å²) in [7, 11) is 0. The first kappa shape index (κ1) is 22.8. The summed E-state index contributed by atoms with van der Waals surface area (Å²) in [5, 5.41) is 13.8. The Balaban J connectivity index is 1.51. The second-order valence-corrected chi connectivity index (χ2v) is 9.09. The number of para-hydroxylation sites is 1. The van der Waals surface area contributed by atoms with Crippen molar-refractivity contribution in [3.63, 3.8) is 0 Å². The SMILES string of the molecule is O=C(Nc1cnc(Cc2cc(F)cc(F)c2)s1)C1CCCCC1(Oc1ccccc1)C(=O)O. The first-order chi connectivity index (χ1) is 15.9. The Morgan fingerprint density at radius 3 is 2.58 bits per heavy atom. The molecule has 33 heavy (non-hydrogen) atoms. The van der Waals surface area contributed by atoms with E-state index in [1.807, 2.05) is 0 Å². The van der Waals surface area contributed by atoms with Crippen LogP contribution in [0.3, 0.4) is 0 Å². The van der Waals surface area contributed by atoms with Crippen molar-refractivity contribution in [2.45, 2.75) is 37.7 Å². The summed E-state index contributed by atoms with van der Waals surface area (Å²) in [5.41, 5.74) is -1.25. The smallest absolute Gasteiger partial charge is 0.348 e. The van der Waals surface area contributed by atoms with Gasteiger partial charge in [0.15, 0.2) is 0 Å². The molecule has 1 aliphatic rings. The van der Waals surface area contributed by atoms with Crippen molar-refractivity contribution in [1.82, 2.24) is 4.98 Å². The van der Waals surface area contributed by atoms with Crippen molar-refractivity contribution >= 4 is 28.2 Å². The lowest BCUT2D eigenvalue weighted by Crippen LogP contribution is -2.56. The van der Waals surface area contributed by atoms with Gasteiger partial charge in [-0.15, -0.1) is 11.3 Å². The molecule has 2 atom stereocenters. The Morgan fingerprint density at radius 1 is 1.15 bits per heavy atom. The van der Waals surface area contributed by atoms with Gasteiger partial charge in [0.1, 0.15) is 22.4 Å². The van der Waals surface area contributed by atoms with Crippen molar-refractivity contribution < 1.29 is 28.2 Å². The van der Waals surface area contributed by atoms with Gasteiger partial charge in [0.05, 0.1) is 17.1 Å². The summed E-state index contributed by atoms with van der Waals surface area (Å²) in [5.74, 6) is -3.48. The molecule has 172 valence electrons. The molecule has 0 radical (unpaired) electrons. The summed E-state index contributed by atoms with van der Waals surface area (Å²) in [6.45, 7) is 0. The summed E-state index contributed by atoms with van der Waals surface area (Å²) in [6, 6.07) is 11.9. The maximum absolute atomic E-state index is 13.4. The van der Waals surface area contributed by atoms with Crippen LogP contribution in [0, 0.1) is 17.6 Å². The van der Waals surface area contributed by atoms with Crippen LogP contribution >= 0.6 is 11.3 Å². The molecule has 4 rings (SSSR count). The number of halogens is 2. The molecule has 0 aliphatic heterocycles. The summed E-state index contributed by atoms with van der Waals surface area (Å²) >= 11 is 1.17. The molecule has 2 aromatic carbocycles. The van der Waals surface area contributed by atoms with E-state index >= 15 is 0 Å². The maximum Gasteiger partial charge on any atom is 0.348 e. The molecule has 3 aromatic rings. The Morgan fingerprint density at radius 2 is 1.88 bits per heavy atom. The van der Waals surface area contributed by atoms with Gasteiger partial charge in [-0.25, -0.2) is 18.6 Å². The van der Waals surface area contributed by atoms with Crippen molar-refractivity contribution in [3.05, 3.63) is 76.9 Å². The summed E-state index contributed by atoms with van der Waals surface area (Å²) in [4.78, 5) is 29.7. The average molecular weight is 473 g/mol. The van der Waals surface area contributed by atoms with E-state index in [9.17, 15) is 23.5 Å². The number of nitrogens with one attached hydrogen (secondary N) is 1. The molecule has 1 heterocycles. The number of hydrogen-bond acceptors (Lipinski definition) is 5. The van der Waals surface area contributed by atoms with Crippen LogP contribution in [0.25, 0.3) is 0 Å². The minimum Gasteiger partial charge on any atom is -0.478 e. The first-order valence-corrected chi connectivity index (χ1v) is 11.4. The Hall–Kier alpha value is -3.33. The molecule has 6 nitrogen and oxygen atoms in total. The average Bonchev–Trinajstić information content (AvgIpc) is 3.20. The third-order valence-corrected chi connectivity index (χ3v) is 6.57. The van der Waals surface area contributed by atoms with Gasteiger partial charge in [-0.2, -0.15) is 0 Å². The molecular formula is C24H22F2N2O4S. The van der Waals surface area contributed by atoms with Gasteiger partial charge >= 0.3 is 5.97 Å². The topological polar surface area (TPSA) is 88.5 Å². The van der Waals surface area contributed by atoms with Crippen LogP contribution < -0.4 is 10.1 Å². The van der Waals surface area contributed by atoms with E-state index in [2.05, 4.69) is 10.3 Å². The fourth-order valence-corrected chi connectivity index (χ4v) is 5.01. The van der Waals surface area contributed by atoms with Crippen LogP contribution in [0.1, 0.15) is 36.3 Å². The second kappa shape index (κ2) is 9.66. The van der Waals surface area contributed by atoms with E-state index < -0.39 is 35.0 Å². The number of nitrogens with zero attached hydrogens (tertiary/aromatic N) is 1. The van der Waals surface area contributed by atoms with Gasteiger partial charge in [-0.3, -0.25) is 4.79 Å². The fourth-order valence-electron chi connectivity index (χ4n) is 4.15. The van der Waals surface area contributed by atoms with Gasteiger partial charge in [-0.05, 0) is 49.1 Å². The summed E-state index contributed by atoms with van der Waals surface area (Å²) in [6.07, 6.45) is 3.60. The zero-order chi connectivity index (χ0) is 23.4. The molecule has 1 saturated carbocycles. The number of ether oxygens (including phenoxy) is 1.